The Hall–Kier alpha value is -2.15. The normalized spacial score (nSPS) is 10.4. The van der Waals surface area contributed by atoms with Gasteiger partial charge >= 0.3 is 0 Å². The van der Waals surface area contributed by atoms with Gasteiger partial charge in [-0.2, -0.15) is 0 Å². The third kappa shape index (κ3) is 3.69. The molecule has 21 heavy (non-hydrogen) atoms. The van der Waals surface area contributed by atoms with Gasteiger partial charge in [0, 0.05) is 23.8 Å². The standard InChI is InChI=1S/C14H12F2N2O2S/c1-17-12-5-2-9(6-13(12)18(19)20)8-21-14-7-10(15)3-4-11(14)16/h2-7,17H,8H2,1H3. The Kier molecular flexibility index (Phi) is 4.74. The molecule has 0 amide bonds. The van der Waals surface area contributed by atoms with Crippen molar-refractivity contribution in [3.63, 3.8) is 0 Å². The first-order valence-electron chi connectivity index (χ1n) is 6.04. The molecule has 0 aliphatic carbocycles. The van der Waals surface area contributed by atoms with Gasteiger partial charge in [0.15, 0.2) is 0 Å². The summed E-state index contributed by atoms with van der Waals surface area (Å²) in [5.74, 6) is -0.719. The second kappa shape index (κ2) is 6.53. The van der Waals surface area contributed by atoms with Crippen LogP contribution in [0.2, 0.25) is 0 Å². The van der Waals surface area contributed by atoms with Crippen LogP contribution in [0.25, 0.3) is 0 Å². The zero-order chi connectivity index (χ0) is 15.4. The summed E-state index contributed by atoms with van der Waals surface area (Å²) in [6.07, 6.45) is 0. The maximum Gasteiger partial charge on any atom is 0.292 e. The number of thioether (sulfide) groups is 1. The summed E-state index contributed by atoms with van der Waals surface area (Å²) in [6, 6.07) is 7.95. The van der Waals surface area contributed by atoms with Crippen LogP contribution < -0.4 is 5.32 Å². The average Bonchev–Trinajstić information content (AvgIpc) is 2.47. The van der Waals surface area contributed by atoms with Crippen LogP contribution in [0.15, 0.2) is 41.3 Å². The van der Waals surface area contributed by atoms with Crippen molar-refractivity contribution in [1.29, 1.82) is 0 Å². The van der Waals surface area contributed by atoms with E-state index in [1.165, 1.54) is 6.07 Å². The summed E-state index contributed by atoms with van der Waals surface area (Å²) in [4.78, 5) is 10.6. The van der Waals surface area contributed by atoms with Gasteiger partial charge in [0.1, 0.15) is 17.3 Å². The highest BCUT2D eigenvalue weighted by Gasteiger charge is 2.14. The minimum atomic E-state index is -0.518. The van der Waals surface area contributed by atoms with E-state index in [4.69, 9.17) is 0 Å². The summed E-state index contributed by atoms with van der Waals surface area (Å²) in [5.41, 5.74) is 1.02. The Morgan fingerprint density at radius 2 is 2.00 bits per heavy atom. The van der Waals surface area contributed by atoms with E-state index < -0.39 is 16.6 Å². The molecule has 2 aromatic carbocycles. The van der Waals surface area contributed by atoms with Gasteiger partial charge < -0.3 is 5.32 Å². The number of nitro benzene ring substituents is 1. The largest absolute Gasteiger partial charge is 0.383 e. The number of hydrogen-bond acceptors (Lipinski definition) is 4. The number of nitrogens with zero attached hydrogens (tertiary/aromatic N) is 1. The first-order valence-corrected chi connectivity index (χ1v) is 7.02. The number of hydrogen-bond donors (Lipinski definition) is 1. The number of benzene rings is 2. The van der Waals surface area contributed by atoms with Gasteiger partial charge in [-0.05, 0) is 29.8 Å². The van der Waals surface area contributed by atoms with Crippen molar-refractivity contribution in [1.82, 2.24) is 0 Å². The van der Waals surface area contributed by atoms with Crippen LogP contribution in [0.4, 0.5) is 20.2 Å². The lowest BCUT2D eigenvalue weighted by molar-refractivity contribution is -0.384. The van der Waals surface area contributed by atoms with E-state index in [-0.39, 0.29) is 10.6 Å². The summed E-state index contributed by atoms with van der Waals surface area (Å²) in [5, 5.41) is 13.7. The zero-order valence-corrected chi connectivity index (χ0v) is 11.9. The molecule has 0 spiro atoms. The van der Waals surface area contributed by atoms with Crippen LogP contribution >= 0.6 is 11.8 Å². The van der Waals surface area contributed by atoms with E-state index in [1.54, 1.807) is 19.2 Å². The van der Waals surface area contributed by atoms with Crippen LogP contribution in [0.3, 0.4) is 0 Å². The predicted octanol–water partition coefficient (Wildman–Crippen LogP) is 4.21. The van der Waals surface area contributed by atoms with E-state index >= 15 is 0 Å². The Labute approximate surface area is 124 Å². The third-order valence-electron chi connectivity index (χ3n) is 2.82. The first kappa shape index (κ1) is 15.2. The third-order valence-corrected chi connectivity index (χ3v) is 3.92. The Balaban J connectivity index is 2.18. The minimum Gasteiger partial charge on any atom is -0.383 e. The Morgan fingerprint density at radius 3 is 2.67 bits per heavy atom. The fourth-order valence-corrected chi connectivity index (χ4v) is 2.68. The van der Waals surface area contributed by atoms with Crippen LogP contribution in [0, 0.1) is 21.7 Å². The van der Waals surface area contributed by atoms with Crippen molar-refractivity contribution in [2.45, 2.75) is 10.6 Å². The number of anilines is 1. The molecule has 0 saturated carbocycles. The smallest absolute Gasteiger partial charge is 0.292 e. The lowest BCUT2D eigenvalue weighted by atomic mass is 10.2. The second-order valence-electron chi connectivity index (χ2n) is 4.22. The molecule has 7 heteroatoms. The quantitative estimate of drug-likeness (QED) is 0.511. The maximum atomic E-state index is 13.5. The molecule has 0 aromatic heterocycles. The van der Waals surface area contributed by atoms with Gasteiger partial charge in [-0.3, -0.25) is 10.1 Å². The summed E-state index contributed by atoms with van der Waals surface area (Å²) in [7, 11) is 1.60. The monoisotopic (exact) mass is 310 g/mol. The summed E-state index contributed by atoms with van der Waals surface area (Å²) in [6.45, 7) is 0. The molecule has 0 unspecified atom stereocenters. The maximum absolute atomic E-state index is 13.5. The van der Waals surface area contributed by atoms with Gasteiger partial charge in [0.25, 0.3) is 5.69 Å². The summed E-state index contributed by atoms with van der Waals surface area (Å²) >= 11 is 1.09. The van der Waals surface area contributed by atoms with Gasteiger partial charge in [0.2, 0.25) is 0 Å². The van der Waals surface area contributed by atoms with E-state index in [1.807, 2.05) is 0 Å². The molecule has 0 bridgehead atoms. The average molecular weight is 310 g/mol. The minimum absolute atomic E-state index is 0.0460. The molecule has 2 rings (SSSR count). The van der Waals surface area contributed by atoms with Gasteiger partial charge in [0.05, 0.1) is 4.92 Å². The van der Waals surface area contributed by atoms with Crippen LogP contribution in [0.1, 0.15) is 5.56 Å². The van der Waals surface area contributed by atoms with Gasteiger partial charge in [-0.25, -0.2) is 8.78 Å². The number of halogens is 2. The molecule has 0 aliphatic rings. The molecular formula is C14H12F2N2O2S. The van der Waals surface area contributed by atoms with Crippen molar-refractivity contribution in [2.24, 2.45) is 0 Å². The van der Waals surface area contributed by atoms with Crippen molar-refractivity contribution in [2.75, 3.05) is 12.4 Å². The SMILES string of the molecule is CNc1ccc(CSc2cc(F)ccc2F)cc1[N+](=O)[O-]. The lowest BCUT2D eigenvalue weighted by Gasteiger charge is -2.06. The molecule has 2 aromatic rings. The van der Waals surface area contributed by atoms with Crippen molar-refractivity contribution < 1.29 is 13.7 Å². The van der Waals surface area contributed by atoms with Crippen molar-refractivity contribution in [3.8, 4) is 0 Å². The van der Waals surface area contributed by atoms with Crippen LogP contribution in [-0.4, -0.2) is 12.0 Å². The molecule has 0 radical (unpaired) electrons. The lowest BCUT2D eigenvalue weighted by Crippen LogP contribution is -1.97. The predicted molar refractivity (Wildman–Crippen MR) is 78.6 cm³/mol. The van der Waals surface area contributed by atoms with Crippen LogP contribution in [0.5, 0.6) is 0 Å². The van der Waals surface area contributed by atoms with E-state index in [0.29, 0.717) is 17.0 Å². The zero-order valence-electron chi connectivity index (χ0n) is 11.1. The van der Waals surface area contributed by atoms with E-state index in [9.17, 15) is 18.9 Å². The molecule has 0 fully saturated rings. The molecule has 0 saturated heterocycles. The fraction of sp³-hybridized carbons (Fsp3) is 0.143. The molecule has 1 N–H and O–H groups in total. The topological polar surface area (TPSA) is 55.2 Å². The highest BCUT2D eigenvalue weighted by Crippen LogP contribution is 2.30. The van der Waals surface area contributed by atoms with Crippen molar-refractivity contribution in [3.05, 3.63) is 63.7 Å². The summed E-state index contributed by atoms with van der Waals surface area (Å²) < 4.78 is 26.6. The highest BCUT2D eigenvalue weighted by atomic mass is 32.2. The number of nitrogens with one attached hydrogen (secondary N) is 1. The van der Waals surface area contributed by atoms with E-state index in [0.717, 1.165) is 30.0 Å². The number of nitro groups is 1. The second-order valence-corrected chi connectivity index (χ2v) is 5.24. The first-order chi connectivity index (χ1) is 10.0. The van der Waals surface area contributed by atoms with Gasteiger partial charge in [-0.15, -0.1) is 11.8 Å². The molecule has 0 heterocycles. The van der Waals surface area contributed by atoms with Crippen molar-refractivity contribution >= 4 is 23.1 Å². The Morgan fingerprint density at radius 1 is 1.24 bits per heavy atom. The van der Waals surface area contributed by atoms with Crippen LogP contribution in [-0.2, 0) is 5.75 Å². The molecule has 110 valence electrons. The molecular weight excluding hydrogens is 298 g/mol. The van der Waals surface area contributed by atoms with Gasteiger partial charge in [-0.1, -0.05) is 6.07 Å². The number of rotatable bonds is 5. The van der Waals surface area contributed by atoms with E-state index in [2.05, 4.69) is 5.32 Å². The molecule has 0 atom stereocenters. The fourth-order valence-electron chi connectivity index (χ4n) is 1.78. The highest BCUT2D eigenvalue weighted by molar-refractivity contribution is 7.98. The molecule has 4 nitrogen and oxygen atoms in total. The Bertz CT molecular complexity index is 680. The molecule has 0 aliphatic heterocycles.